The Morgan fingerprint density at radius 2 is 1.68 bits per heavy atom. The maximum Gasteiger partial charge on any atom is 0.416 e. The summed E-state index contributed by atoms with van der Waals surface area (Å²) in [5.74, 6) is -0.240. The number of ether oxygens (including phenoxy) is 1. The second-order valence-electron chi connectivity index (χ2n) is 6.62. The van der Waals surface area contributed by atoms with Crippen molar-refractivity contribution in [1.29, 1.82) is 0 Å². The van der Waals surface area contributed by atoms with Crippen molar-refractivity contribution in [3.8, 4) is 0 Å². The summed E-state index contributed by atoms with van der Waals surface area (Å²) in [4.78, 5) is 24.8. The summed E-state index contributed by atoms with van der Waals surface area (Å²) in [5, 5.41) is 2.48. The Hall–Kier alpha value is -2.25. The van der Waals surface area contributed by atoms with E-state index in [2.05, 4.69) is 5.32 Å². The SMILES string of the molecule is CN(Cc1ccc(C(F)(F)F)cc1)C(=O)CCNC(=O)OC(C)(C)C. The van der Waals surface area contributed by atoms with Gasteiger partial charge in [0.2, 0.25) is 5.91 Å². The molecule has 2 amide bonds. The van der Waals surface area contributed by atoms with Crippen LogP contribution in [-0.4, -0.2) is 36.1 Å². The topological polar surface area (TPSA) is 58.6 Å². The van der Waals surface area contributed by atoms with Gasteiger partial charge in [0, 0.05) is 26.6 Å². The fourth-order valence-corrected chi connectivity index (χ4v) is 1.94. The van der Waals surface area contributed by atoms with Gasteiger partial charge in [-0.2, -0.15) is 13.2 Å². The molecule has 5 nitrogen and oxygen atoms in total. The number of rotatable bonds is 5. The summed E-state index contributed by atoms with van der Waals surface area (Å²) < 4.78 is 42.6. The van der Waals surface area contributed by atoms with Crippen molar-refractivity contribution < 1.29 is 27.5 Å². The molecule has 0 atom stereocenters. The van der Waals surface area contributed by atoms with Gasteiger partial charge < -0.3 is 15.0 Å². The quantitative estimate of drug-likeness (QED) is 0.873. The number of nitrogens with one attached hydrogen (secondary N) is 1. The second-order valence-corrected chi connectivity index (χ2v) is 6.62. The first kappa shape index (κ1) is 20.8. The van der Waals surface area contributed by atoms with Crippen molar-refractivity contribution in [2.24, 2.45) is 0 Å². The van der Waals surface area contributed by atoms with Crippen LogP contribution in [0.15, 0.2) is 24.3 Å². The Morgan fingerprint density at radius 3 is 2.16 bits per heavy atom. The van der Waals surface area contributed by atoms with Gasteiger partial charge in [0.05, 0.1) is 5.56 Å². The first-order valence-electron chi connectivity index (χ1n) is 7.75. The Kier molecular flexibility index (Phi) is 6.84. The summed E-state index contributed by atoms with van der Waals surface area (Å²) >= 11 is 0. The molecule has 0 bridgehead atoms. The molecule has 0 fully saturated rings. The molecule has 0 aliphatic heterocycles. The van der Waals surface area contributed by atoms with E-state index in [0.717, 1.165) is 12.1 Å². The van der Waals surface area contributed by atoms with Crippen LogP contribution in [0.3, 0.4) is 0 Å². The van der Waals surface area contributed by atoms with Crippen molar-refractivity contribution in [2.45, 2.75) is 45.5 Å². The van der Waals surface area contributed by atoms with Crippen LogP contribution in [0, 0.1) is 0 Å². The van der Waals surface area contributed by atoms with E-state index in [4.69, 9.17) is 4.74 Å². The number of benzene rings is 1. The highest BCUT2D eigenvalue weighted by atomic mass is 19.4. The summed E-state index contributed by atoms with van der Waals surface area (Å²) in [5.41, 5.74) is -0.760. The summed E-state index contributed by atoms with van der Waals surface area (Å²) in [6.45, 7) is 5.50. The minimum absolute atomic E-state index is 0.0659. The van der Waals surface area contributed by atoms with Crippen LogP contribution in [-0.2, 0) is 22.3 Å². The minimum Gasteiger partial charge on any atom is -0.444 e. The number of nitrogens with zero attached hydrogens (tertiary/aromatic N) is 1. The van der Waals surface area contributed by atoms with E-state index in [1.807, 2.05) is 0 Å². The molecule has 1 aromatic carbocycles. The van der Waals surface area contributed by atoms with Gasteiger partial charge in [-0.15, -0.1) is 0 Å². The van der Waals surface area contributed by atoms with E-state index in [1.54, 1.807) is 27.8 Å². The molecule has 0 heterocycles. The Balaban J connectivity index is 2.43. The molecule has 0 aromatic heterocycles. The zero-order valence-electron chi connectivity index (χ0n) is 14.7. The average molecular weight is 360 g/mol. The molecule has 0 saturated heterocycles. The summed E-state index contributed by atoms with van der Waals surface area (Å²) in [7, 11) is 1.55. The molecule has 0 aliphatic rings. The lowest BCUT2D eigenvalue weighted by Crippen LogP contribution is -2.35. The number of alkyl carbamates (subject to hydrolysis) is 1. The van der Waals surface area contributed by atoms with Gasteiger partial charge in [-0.3, -0.25) is 4.79 Å². The van der Waals surface area contributed by atoms with Crippen molar-refractivity contribution in [2.75, 3.05) is 13.6 Å². The maximum absolute atomic E-state index is 12.5. The summed E-state index contributed by atoms with van der Waals surface area (Å²) in [6, 6.07) is 4.65. The molecular formula is C17H23F3N2O3. The van der Waals surface area contributed by atoms with Crippen molar-refractivity contribution in [3.63, 3.8) is 0 Å². The molecule has 0 unspecified atom stereocenters. The van der Waals surface area contributed by atoms with Gasteiger partial charge in [0.1, 0.15) is 5.60 Å². The van der Waals surface area contributed by atoms with Gasteiger partial charge in [-0.05, 0) is 38.5 Å². The maximum atomic E-state index is 12.5. The largest absolute Gasteiger partial charge is 0.444 e. The van der Waals surface area contributed by atoms with E-state index < -0.39 is 23.4 Å². The standard InChI is InChI=1S/C17H23F3N2O3/c1-16(2,3)25-15(24)21-10-9-14(23)22(4)11-12-5-7-13(8-6-12)17(18,19)20/h5-8H,9-11H2,1-4H3,(H,21,24). The smallest absolute Gasteiger partial charge is 0.416 e. The van der Waals surface area contributed by atoms with Crippen LogP contribution in [0.4, 0.5) is 18.0 Å². The Labute approximate surface area is 145 Å². The molecule has 0 spiro atoms. The molecule has 8 heteroatoms. The average Bonchev–Trinajstić information content (AvgIpc) is 2.44. The van der Waals surface area contributed by atoms with Crippen LogP contribution in [0.5, 0.6) is 0 Å². The molecule has 1 aromatic rings. The molecule has 0 saturated carbocycles. The lowest BCUT2D eigenvalue weighted by Gasteiger charge is -2.20. The first-order chi connectivity index (χ1) is 11.4. The molecular weight excluding hydrogens is 337 g/mol. The monoisotopic (exact) mass is 360 g/mol. The van der Waals surface area contributed by atoms with E-state index in [1.165, 1.54) is 17.0 Å². The summed E-state index contributed by atoms with van der Waals surface area (Å²) in [6.07, 6.45) is -4.92. The minimum atomic E-state index is -4.38. The lowest BCUT2D eigenvalue weighted by atomic mass is 10.1. The number of hydrogen-bond acceptors (Lipinski definition) is 3. The zero-order valence-corrected chi connectivity index (χ0v) is 14.7. The van der Waals surface area contributed by atoms with Gasteiger partial charge in [0.15, 0.2) is 0 Å². The molecule has 140 valence electrons. The number of carbonyl (C=O) groups excluding carboxylic acids is 2. The number of hydrogen-bond donors (Lipinski definition) is 1. The van der Waals surface area contributed by atoms with Crippen molar-refractivity contribution >= 4 is 12.0 Å². The van der Waals surface area contributed by atoms with Gasteiger partial charge in [-0.1, -0.05) is 12.1 Å². The zero-order chi connectivity index (χ0) is 19.3. The highest BCUT2D eigenvalue weighted by Gasteiger charge is 2.30. The fourth-order valence-electron chi connectivity index (χ4n) is 1.94. The van der Waals surface area contributed by atoms with Crippen LogP contribution in [0.25, 0.3) is 0 Å². The highest BCUT2D eigenvalue weighted by Crippen LogP contribution is 2.29. The number of amides is 2. The van der Waals surface area contributed by atoms with Crippen LogP contribution in [0.1, 0.15) is 38.3 Å². The molecule has 0 radical (unpaired) electrons. The molecule has 1 N–H and O–H groups in total. The first-order valence-corrected chi connectivity index (χ1v) is 7.75. The normalized spacial score (nSPS) is 11.8. The third kappa shape index (κ3) is 7.91. The predicted molar refractivity (Wildman–Crippen MR) is 86.8 cm³/mol. The third-order valence-corrected chi connectivity index (χ3v) is 3.13. The van der Waals surface area contributed by atoms with Crippen LogP contribution in [0.2, 0.25) is 0 Å². The van der Waals surface area contributed by atoms with E-state index >= 15 is 0 Å². The lowest BCUT2D eigenvalue weighted by molar-refractivity contribution is -0.137. The highest BCUT2D eigenvalue weighted by molar-refractivity contribution is 5.77. The van der Waals surface area contributed by atoms with Crippen LogP contribution < -0.4 is 5.32 Å². The van der Waals surface area contributed by atoms with Crippen LogP contribution >= 0.6 is 0 Å². The number of alkyl halides is 3. The number of halogens is 3. The van der Waals surface area contributed by atoms with Gasteiger partial charge >= 0.3 is 12.3 Å². The Morgan fingerprint density at radius 1 is 1.12 bits per heavy atom. The van der Waals surface area contributed by atoms with E-state index in [9.17, 15) is 22.8 Å². The Bertz CT molecular complexity index is 593. The van der Waals surface area contributed by atoms with Gasteiger partial charge in [-0.25, -0.2) is 4.79 Å². The number of carbonyl (C=O) groups is 2. The van der Waals surface area contributed by atoms with Crippen molar-refractivity contribution in [1.82, 2.24) is 10.2 Å². The molecule has 1 rings (SSSR count). The predicted octanol–water partition coefficient (Wildman–Crippen LogP) is 3.58. The molecule has 25 heavy (non-hydrogen) atoms. The second kappa shape index (κ2) is 8.22. The van der Waals surface area contributed by atoms with E-state index in [-0.39, 0.29) is 25.4 Å². The third-order valence-electron chi connectivity index (χ3n) is 3.13. The van der Waals surface area contributed by atoms with Crippen molar-refractivity contribution in [3.05, 3.63) is 35.4 Å². The molecule has 0 aliphatic carbocycles. The van der Waals surface area contributed by atoms with Gasteiger partial charge in [0.25, 0.3) is 0 Å². The van der Waals surface area contributed by atoms with E-state index in [0.29, 0.717) is 5.56 Å². The fraction of sp³-hybridized carbons (Fsp3) is 0.529.